The molecule has 0 aliphatic rings. The maximum Gasteiger partial charge on any atom is 0.330 e. The van der Waals surface area contributed by atoms with E-state index in [-0.39, 0.29) is 5.97 Å². The van der Waals surface area contributed by atoms with Crippen LogP contribution in [0, 0.1) is 5.92 Å². The largest absolute Gasteiger partial charge is 0.462 e. The van der Waals surface area contributed by atoms with Crippen molar-refractivity contribution in [3.63, 3.8) is 0 Å². The van der Waals surface area contributed by atoms with E-state index in [1.807, 2.05) is 27.7 Å². The van der Waals surface area contributed by atoms with E-state index >= 15 is 0 Å². The molecule has 0 aliphatic carbocycles. The van der Waals surface area contributed by atoms with Gasteiger partial charge in [-0.05, 0) is 19.3 Å². The zero-order valence-electron chi connectivity index (χ0n) is 8.39. The van der Waals surface area contributed by atoms with Crippen molar-refractivity contribution >= 4 is 5.97 Å². The molecule has 0 saturated heterocycles. The lowest BCUT2D eigenvalue weighted by molar-refractivity contribution is -0.138. The van der Waals surface area contributed by atoms with Gasteiger partial charge >= 0.3 is 5.97 Å². The summed E-state index contributed by atoms with van der Waals surface area (Å²) in [6, 6.07) is 0. The first-order valence-corrected chi connectivity index (χ1v) is 4.40. The van der Waals surface area contributed by atoms with Crippen LogP contribution in [0.25, 0.3) is 0 Å². The Hall–Kier alpha value is -0.790. The fourth-order valence-corrected chi connectivity index (χ4v) is 0.594. The number of allylic oxidation sites excluding steroid dienone is 1. The normalized spacial score (nSPS) is 11.9. The Labute approximate surface area is 74.6 Å². The molecule has 0 atom stereocenters. The molecule has 0 rings (SSSR count). The highest BCUT2D eigenvalue weighted by Gasteiger charge is 2.00. The van der Waals surface area contributed by atoms with Crippen molar-refractivity contribution in [2.45, 2.75) is 34.1 Å². The summed E-state index contributed by atoms with van der Waals surface area (Å²) in [6.45, 7) is 8.48. The molecule has 70 valence electrons. The summed E-state index contributed by atoms with van der Waals surface area (Å²) in [5.41, 5.74) is 1.06. The monoisotopic (exact) mass is 170 g/mol. The van der Waals surface area contributed by atoms with Gasteiger partial charge in [0.05, 0.1) is 6.61 Å². The Kier molecular flexibility index (Phi) is 5.43. The van der Waals surface area contributed by atoms with Crippen molar-refractivity contribution in [3.8, 4) is 0 Å². The Bertz CT molecular complexity index is 169. The lowest BCUT2D eigenvalue weighted by atomic mass is 10.2. The van der Waals surface area contributed by atoms with Crippen molar-refractivity contribution in [3.05, 3.63) is 11.6 Å². The molecular formula is C10H18O2. The second kappa shape index (κ2) is 5.81. The smallest absolute Gasteiger partial charge is 0.330 e. The standard InChI is InChI=1S/C10H18O2/c1-5-9(4)6-10(11)12-7-8(2)3/h6,8H,5,7H2,1-4H3. The topological polar surface area (TPSA) is 26.3 Å². The van der Waals surface area contributed by atoms with Gasteiger partial charge in [0.1, 0.15) is 0 Å². The zero-order valence-corrected chi connectivity index (χ0v) is 8.39. The van der Waals surface area contributed by atoms with Crippen LogP contribution < -0.4 is 0 Å². The van der Waals surface area contributed by atoms with Crippen molar-refractivity contribution in [2.75, 3.05) is 6.61 Å². The molecule has 0 heterocycles. The number of ether oxygens (including phenoxy) is 1. The van der Waals surface area contributed by atoms with Crippen molar-refractivity contribution in [1.29, 1.82) is 0 Å². The quantitative estimate of drug-likeness (QED) is 0.478. The molecule has 0 N–H and O–H groups in total. The van der Waals surface area contributed by atoms with Crippen LogP contribution in [0.3, 0.4) is 0 Å². The van der Waals surface area contributed by atoms with Gasteiger partial charge in [0.15, 0.2) is 0 Å². The molecule has 0 saturated carbocycles. The number of rotatable bonds is 4. The minimum Gasteiger partial charge on any atom is -0.462 e. The Morgan fingerprint density at radius 3 is 2.50 bits per heavy atom. The number of carbonyl (C=O) groups excluding carboxylic acids is 1. The average Bonchev–Trinajstić information content (AvgIpc) is 2.00. The van der Waals surface area contributed by atoms with Gasteiger partial charge in [-0.2, -0.15) is 0 Å². The van der Waals surface area contributed by atoms with Gasteiger partial charge in [-0.3, -0.25) is 0 Å². The molecule has 0 aliphatic heterocycles. The number of hydrogen-bond acceptors (Lipinski definition) is 2. The molecule has 0 spiro atoms. The predicted octanol–water partition coefficient (Wildman–Crippen LogP) is 2.54. The van der Waals surface area contributed by atoms with Gasteiger partial charge in [0, 0.05) is 6.08 Å². The minimum absolute atomic E-state index is 0.219. The lowest BCUT2D eigenvalue weighted by Gasteiger charge is -2.04. The Morgan fingerprint density at radius 2 is 2.08 bits per heavy atom. The van der Waals surface area contributed by atoms with E-state index in [9.17, 15) is 4.79 Å². The average molecular weight is 170 g/mol. The van der Waals surface area contributed by atoms with Crippen molar-refractivity contribution in [1.82, 2.24) is 0 Å². The maximum absolute atomic E-state index is 11.0. The van der Waals surface area contributed by atoms with E-state index < -0.39 is 0 Å². The van der Waals surface area contributed by atoms with E-state index in [2.05, 4.69) is 0 Å². The van der Waals surface area contributed by atoms with Crippen LogP contribution in [0.1, 0.15) is 34.1 Å². The van der Waals surface area contributed by atoms with Crippen LogP contribution in [-0.2, 0) is 9.53 Å². The third-order valence-corrected chi connectivity index (χ3v) is 1.48. The van der Waals surface area contributed by atoms with E-state index in [0.29, 0.717) is 12.5 Å². The summed E-state index contributed by atoms with van der Waals surface area (Å²) in [4.78, 5) is 11.0. The summed E-state index contributed by atoms with van der Waals surface area (Å²) in [6.07, 6.45) is 2.46. The molecular weight excluding hydrogens is 152 g/mol. The molecule has 0 aromatic carbocycles. The highest BCUT2D eigenvalue weighted by molar-refractivity contribution is 5.82. The molecule has 0 aromatic rings. The Morgan fingerprint density at radius 1 is 1.50 bits per heavy atom. The fraction of sp³-hybridized carbons (Fsp3) is 0.700. The molecule has 0 radical (unpaired) electrons. The SMILES string of the molecule is CCC(C)=CC(=O)OCC(C)C. The van der Waals surface area contributed by atoms with Crippen LogP contribution in [0.5, 0.6) is 0 Å². The maximum atomic E-state index is 11.0. The summed E-state index contributed by atoms with van der Waals surface area (Å²) < 4.78 is 4.96. The molecule has 0 bridgehead atoms. The summed E-state index contributed by atoms with van der Waals surface area (Å²) in [5.74, 6) is 0.187. The second-order valence-electron chi connectivity index (χ2n) is 3.37. The number of hydrogen-bond donors (Lipinski definition) is 0. The van der Waals surface area contributed by atoms with Crippen LogP contribution in [0.2, 0.25) is 0 Å². The minimum atomic E-state index is -0.219. The van der Waals surface area contributed by atoms with Crippen LogP contribution in [0.4, 0.5) is 0 Å². The Balaban J connectivity index is 3.74. The molecule has 0 amide bonds. The fourth-order valence-electron chi connectivity index (χ4n) is 0.594. The summed E-state index contributed by atoms with van der Waals surface area (Å²) in [5, 5.41) is 0. The third kappa shape index (κ3) is 5.96. The van der Waals surface area contributed by atoms with E-state index in [1.165, 1.54) is 0 Å². The molecule has 2 heteroatoms. The van der Waals surface area contributed by atoms with Crippen LogP contribution >= 0.6 is 0 Å². The van der Waals surface area contributed by atoms with E-state index in [4.69, 9.17) is 4.74 Å². The third-order valence-electron chi connectivity index (χ3n) is 1.48. The van der Waals surface area contributed by atoms with Crippen molar-refractivity contribution < 1.29 is 9.53 Å². The van der Waals surface area contributed by atoms with Gasteiger partial charge in [-0.1, -0.05) is 26.3 Å². The summed E-state index contributed by atoms with van der Waals surface area (Å²) in [7, 11) is 0. The predicted molar refractivity (Wildman–Crippen MR) is 49.8 cm³/mol. The van der Waals surface area contributed by atoms with Crippen LogP contribution in [0.15, 0.2) is 11.6 Å². The van der Waals surface area contributed by atoms with Gasteiger partial charge in [-0.25, -0.2) is 4.79 Å². The lowest BCUT2D eigenvalue weighted by Crippen LogP contribution is -2.07. The van der Waals surface area contributed by atoms with E-state index in [0.717, 1.165) is 12.0 Å². The highest BCUT2D eigenvalue weighted by atomic mass is 16.5. The molecule has 2 nitrogen and oxygen atoms in total. The van der Waals surface area contributed by atoms with Crippen molar-refractivity contribution in [2.24, 2.45) is 5.92 Å². The van der Waals surface area contributed by atoms with Gasteiger partial charge < -0.3 is 4.74 Å². The first-order chi connectivity index (χ1) is 5.56. The van der Waals surface area contributed by atoms with Gasteiger partial charge in [0.25, 0.3) is 0 Å². The number of carbonyl (C=O) groups is 1. The summed E-state index contributed by atoms with van der Waals surface area (Å²) >= 11 is 0. The van der Waals surface area contributed by atoms with E-state index in [1.54, 1.807) is 6.08 Å². The van der Waals surface area contributed by atoms with Gasteiger partial charge in [0.2, 0.25) is 0 Å². The molecule has 12 heavy (non-hydrogen) atoms. The second-order valence-corrected chi connectivity index (χ2v) is 3.37. The first kappa shape index (κ1) is 11.2. The van der Waals surface area contributed by atoms with Crippen LogP contribution in [-0.4, -0.2) is 12.6 Å². The molecule has 0 unspecified atom stereocenters. The number of esters is 1. The zero-order chi connectivity index (χ0) is 9.56. The highest BCUT2D eigenvalue weighted by Crippen LogP contribution is 1.99. The molecule has 0 fully saturated rings. The molecule has 0 aromatic heterocycles. The first-order valence-electron chi connectivity index (χ1n) is 4.40. The van der Waals surface area contributed by atoms with Gasteiger partial charge in [-0.15, -0.1) is 0 Å².